The van der Waals surface area contributed by atoms with Gasteiger partial charge in [-0.15, -0.1) is 36.2 Å². The summed E-state index contributed by atoms with van der Waals surface area (Å²) in [5, 5.41) is 9.44. The number of pyridine rings is 1. The van der Waals surface area contributed by atoms with Crippen LogP contribution in [0, 0.1) is 5.92 Å². The number of carbonyl (C=O) groups excluding carboxylic acids is 1. The van der Waals surface area contributed by atoms with Gasteiger partial charge < -0.3 is 10.6 Å². The summed E-state index contributed by atoms with van der Waals surface area (Å²) in [5.41, 5.74) is 2.06. The van der Waals surface area contributed by atoms with Crippen molar-refractivity contribution in [3.8, 4) is 11.3 Å². The van der Waals surface area contributed by atoms with Crippen LogP contribution in [0.1, 0.15) is 24.3 Å². The summed E-state index contributed by atoms with van der Waals surface area (Å²) in [6.07, 6.45) is 7.15. The zero-order valence-electron chi connectivity index (χ0n) is 13.9. The molecule has 1 aliphatic rings. The molecular formula is C17H24Cl2N4OS. The Morgan fingerprint density at radius 3 is 2.84 bits per heavy atom. The van der Waals surface area contributed by atoms with Crippen molar-refractivity contribution in [3.63, 3.8) is 0 Å². The van der Waals surface area contributed by atoms with E-state index in [-0.39, 0.29) is 30.7 Å². The number of carbonyl (C=O) groups is 1. The maximum atomic E-state index is 11.9. The van der Waals surface area contributed by atoms with Crippen molar-refractivity contribution in [1.29, 1.82) is 0 Å². The van der Waals surface area contributed by atoms with Crippen LogP contribution in [0.3, 0.4) is 0 Å². The van der Waals surface area contributed by atoms with Crippen LogP contribution in [0.4, 0.5) is 0 Å². The summed E-state index contributed by atoms with van der Waals surface area (Å²) in [7, 11) is 0. The molecule has 1 saturated heterocycles. The van der Waals surface area contributed by atoms with Gasteiger partial charge in [0, 0.05) is 42.7 Å². The van der Waals surface area contributed by atoms with Crippen LogP contribution >= 0.6 is 36.2 Å². The minimum absolute atomic E-state index is 0. The van der Waals surface area contributed by atoms with E-state index in [1.165, 1.54) is 6.42 Å². The Labute approximate surface area is 164 Å². The molecule has 0 spiro atoms. The van der Waals surface area contributed by atoms with E-state index in [0.717, 1.165) is 42.2 Å². The summed E-state index contributed by atoms with van der Waals surface area (Å²) >= 11 is 1.64. The molecular weight excluding hydrogens is 379 g/mol. The van der Waals surface area contributed by atoms with Crippen LogP contribution in [-0.4, -0.2) is 35.5 Å². The first-order valence-electron chi connectivity index (χ1n) is 8.13. The third kappa shape index (κ3) is 6.90. The highest BCUT2D eigenvalue weighted by atomic mass is 35.5. The molecule has 8 heteroatoms. The lowest BCUT2D eigenvalue weighted by Crippen LogP contribution is -2.26. The number of nitrogens with one attached hydrogen (secondary N) is 2. The molecule has 0 bridgehead atoms. The minimum Gasteiger partial charge on any atom is -0.356 e. The van der Waals surface area contributed by atoms with Gasteiger partial charge in [0.05, 0.1) is 10.7 Å². The fourth-order valence-electron chi connectivity index (χ4n) is 2.77. The lowest BCUT2D eigenvalue weighted by molar-refractivity contribution is -0.121. The molecule has 1 aliphatic heterocycles. The van der Waals surface area contributed by atoms with E-state index in [1.807, 2.05) is 12.1 Å². The summed E-state index contributed by atoms with van der Waals surface area (Å²) in [6.45, 7) is 2.81. The maximum absolute atomic E-state index is 11.9. The zero-order valence-corrected chi connectivity index (χ0v) is 16.4. The first-order chi connectivity index (χ1) is 11.3. The number of amides is 1. The Morgan fingerprint density at radius 2 is 2.12 bits per heavy atom. The van der Waals surface area contributed by atoms with Crippen LogP contribution in [0.2, 0.25) is 0 Å². The van der Waals surface area contributed by atoms with Gasteiger partial charge in [0.15, 0.2) is 0 Å². The molecule has 2 aromatic heterocycles. The van der Waals surface area contributed by atoms with Crippen molar-refractivity contribution in [3.05, 3.63) is 34.9 Å². The third-order valence-electron chi connectivity index (χ3n) is 4.13. The number of aromatic nitrogens is 2. The van der Waals surface area contributed by atoms with Crippen molar-refractivity contribution in [2.24, 2.45) is 5.92 Å². The molecule has 5 nitrogen and oxygen atoms in total. The molecule has 3 heterocycles. The lowest BCUT2D eigenvalue weighted by Gasteiger charge is -2.08. The van der Waals surface area contributed by atoms with E-state index in [2.05, 4.69) is 26.0 Å². The number of hydrogen-bond acceptors (Lipinski definition) is 5. The molecule has 25 heavy (non-hydrogen) atoms. The molecule has 3 rings (SSSR count). The third-order valence-corrected chi connectivity index (χ3v) is 5.04. The molecule has 0 aromatic carbocycles. The number of hydrogen-bond donors (Lipinski definition) is 2. The van der Waals surface area contributed by atoms with Crippen molar-refractivity contribution in [1.82, 2.24) is 20.6 Å². The molecule has 2 N–H and O–H groups in total. The van der Waals surface area contributed by atoms with Gasteiger partial charge >= 0.3 is 0 Å². The van der Waals surface area contributed by atoms with Gasteiger partial charge in [-0.2, -0.15) is 0 Å². The van der Waals surface area contributed by atoms with Gasteiger partial charge in [-0.1, -0.05) is 0 Å². The molecule has 1 fully saturated rings. The predicted molar refractivity (Wildman–Crippen MR) is 107 cm³/mol. The first-order valence-corrected chi connectivity index (χ1v) is 9.01. The molecule has 2 aromatic rings. The van der Waals surface area contributed by atoms with Crippen LogP contribution < -0.4 is 10.6 Å². The van der Waals surface area contributed by atoms with Gasteiger partial charge in [0.2, 0.25) is 5.91 Å². The fraction of sp³-hybridized carbons (Fsp3) is 0.471. The van der Waals surface area contributed by atoms with Gasteiger partial charge in [-0.05, 0) is 44.0 Å². The molecule has 0 aliphatic carbocycles. The maximum Gasteiger partial charge on any atom is 0.220 e. The van der Waals surface area contributed by atoms with Crippen molar-refractivity contribution >= 4 is 42.1 Å². The molecule has 1 unspecified atom stereocenters. The highest BCUT2D eigenvalue weighted by molar-refractivity contribution is 7.09. The topological polar surface area (TPSA) is 66.9 Å². The summed E-state index contributed by atoms with van der Waals surface area (Å²) in [6, 6.07) is 3.91. The van der Waals surface area contributed by atoms with Gasteiger partial charge in [-0.25, -0.2) is 4.98 Å². The first kappa shape index (κ1) is 21.8. The molecule has 0 saturated carbocycles. The molecule has 1 atom stereocenters. The van der Waals surface area contributed by atoms with Crippen molar-refractivity contribution in [2.45, 2.75) is 25.7 Å². The number of rotatable bonds is 7. The quantitative estimate of drug-likeness (QED) is 0.746. The summed E-state index contributed by atoms with van der Waals surface area (Å²) < 4.78 is 0. The van der Waals surface area contributed by atoms with E-state index >= 15 is 0 Å². The van der Waals surface area contributed by atoms with Crippen LogP contribution in [-0.2, 0) is 11.2 Å². The minimum atomic E-state index is 0. The second-order valence-electron chi connectivity index (χ2n) is 5.86. The van der Waals surface area contributed by atoms with Crippen LogP contribution in [0.5, 0.6) is 0 Å². The number of nitrogens with zero attached hydrogens (tertiary/aromatic N) is 2. The summed E-state index contributed by atoms with van der Waals surface area (Å²) in [4.78, 5) is 20.5. The summed E-state index contributed by atoms with van der Waals surface area (Å²) in [5.74, 6) is 0.824. The van der Waals surface area contributed by atoms with E-state index in [1.54, 1.807) is 23.7 Å². The van der Waals surface area contributed by atoms with Crippen molar-refractivity contribution in [2.75, 3.05) is 19.6 Å². The zero-order chi connectivity index (χ0) is 15.9. The number of thiazole rings is 1. The lowest BCUT2D eigenvalue weighted by atomic mass is 10.0. The normalized spacial score (nSPS) is 15.9. The Bertz CT molecular complexity index is 633. The Balaban J connectivity index is 0.00000156. The molecule has 0 radical (unpaired) electrons. The molecule has 138 valence electrons. The Hall–Kier alpha value is -1.21. The highest BCUT2D eigenvalue weighted by Gasteiger charge is 2.15. The van der Waals surface area contributed by atoms with Crippen molar-refractivity contribution < 1.29 is 4.79 Å². The predicted octanol–water partition coefficient (Wildman–Crippen LogP) is 3.10. The smallest absolute Gasteiger partial charge is 0.220 e. The fourth-order valence-corrected chi connectivity index (χ4v) is 3.58. The largest absolute Gasteiger partial charge is 0.356 e. The second-order valence-corrected chi connectivity index (χ2v) is 6.80. The Kier molecular flexibility index (Phi) is 9.97. The second kappa shape index (κ2) is 11.4. The van der Waals surface area contributed by atoms with Gasteiger partial charge in [0.25, 0.3) is 0 Å². The SMILES string of the molecule is Cl.Cl.O=C(CCC1CCNC1)NCCc1nc(-c2ccncc2)cs1. The van der Waals surface area contributed by atoms with E-state index in [0.29, 0.717) is 18.9 Å². The standard InChI is InChI=1S/C17H22N4OS.2ClH/c22-16(2-1-13-3-7-19-11-13)20-10-6-17-21-15(12-23-17)14-4-8-18-9-5-14;;/h4-5,8-9,12-13,19H,1-3,6-7,10-11H2,(H,20,22);2*1H. The van der Waals surface area contributed by atoms with Crippen LogP contribution in [0.25, 0.3) is 11.3 Å². The Morgan fingerprint density at radius 1 is 1.32 bits per heavy atom. The monoisotopic (exact) mass is 402 g/mol. The van der Waals surface area contributed by atoms with E-state index in [4.69, 9.17) is 0 Å². The van der Waals surface area contributed by atoms with Crippen LogP contribution in [0.15, 0.2) is 29.9 Å². The van der Waals surface area contributed by atoms with E-state index in [9.17, 15) is 4.79 Å². The average molecular weight is 403 g/mol. The van der Waals surface area contributed by atoms with E-state index < -0.39 is 0 Å². The molecule has 1 amide bonds. The average Bonchev–Trinajstić information content (AvgIpc) is 3.26. The van der Waals surface area contributed by atoms with Gasteiger partial charge in [-0.3, -0.25) is 9.78 Å². The van der Waals surface area contributed by atoms with Gasteiger partial charge in [0.1, 0.15) is 0 Å². The highest BCUT2D eigenvalue weighted by Crippen LogP contribution is 2.21. The number of halogens is 2.